The minimum absolute atomic E-state index is 0.156. The van der Waals surface area contributed by atoms with Crippen LogP contribution in [0.2, 0.25) is 0 Å². The maximum absolute atomic E-state index is 12.5. The first kappa shape index (κ1) is 15.5. The Morgan fingerprint density at radius 1 is 1.35 bits per heavy atom. The summed E-state index contributed by atoms with van der Waals surface area (Å²) in [5, 5.41) is 9.35. The predicted molar refractivity (Wildman–Crippen MR) is 82.4 cm³/mol. The van der Waals surface area contributed by atoms with Crippen molar-refractivity contribution < 1.29 is 9.90 Å². The fourth-order valence-corrected chi connectivity index (χ4v) is 3.72. The van der Waals surface area contributed by atoms with Crippen LogP contribution in [0.4, 0.5) is 0 Å². The van der Waals surface area contributed by atoms with Crippen molar-refractivity contribution in [2.75, 3.05) is 32.8 Å². The maximum Gasteiger partial charge on any atom is 0.255 e. The van der Waals surface area contributed by atoms with Gasteiger partial charge in [0.2, 0.25) is 0 Å². The lowest BCUT2D eigenvalue weighted by Gasteiger charge is -2.38. The highest BCUT2D eigenvalue weighted by atomic mass is 32.1. The molecule has 2 rings (SSSR count). The van der Waals surface area contributed by atoms with E-state index in [-0.39, 0.29) is 18.6 Å². The molecule has 2 heterocycles. The summed E-state index contributed by atoms with van der Waals surface area (Å²) in [6.07, 6.45) is 0.952. The van der Waals surface area contributed by atoms with Crippen LogP contribution in [0.1, 0.15) is 33.5 Å². The van der Waals surface area contributed by atoms with Crippen molar-refractivity contribution in [3.8, 4) is 0 Å². The van der Waals surface area contributed by atoms with Crippen molar-refractivity contribution in [3.63, 3.8) is 0 Å². The largest absolute Gasteiger partial charge is 0.395 e. The van der Waals surface area contributed by atoms with Gasteiger partial charge >= 0.3 is 0 Å². The Morgan fingerprint density at radius 2 is 2.00 bits per heavy atom. The maximum atomic E-state index is 12.5. The summed E-state index contributed by atoms with van der Waals surface area (Å²) in [4.78, 5) is 19.0. The molecular formula is C15H24N2O2S. The van der Waals surface area contributed by atoms with Crippen molar-refractivity contribution in [1.29, 1.82) is 0 Å². The number of piperazine rings is 1. The van der Waals surface area contributed by atoms with Crippen LogP contribution in [0.5, 0.6) is 0 Å². The minimum Gasteiger partial charge on any atom is -0.395 e. The summed E-state index contributed by atoms with van der Waals surface area (Å²) in [6.45, 7) is 9.57. The van der Waals surface area contributed by atoms with Crippen molar-refractivity contribution in [2.45, 2.75) is 33.2 Å². The van der Waals surface area contributed by atoms with E-state index in [0.717, 1.165) is 43.0 Å². The van der Waals surface area contributed by atoms with E-state index in [1.54, 1.807) is 11.3 Å². The van der Waals surface area contributed by atoms with Crippen LogP contribution >= 0.6 is 11.3 Å². The van der Waals surface area contributed by atoms with Gasteiger partial charge in [-0.3, -0.25) is 9.69 Å². The molecule has 1 unspecified atom stereocenters. The molecule has 5 heteroatoms. The van der Waals surface area contributed by atoms with Crippen LogP contribution in [-0.2, 0) is 0 Å². The van der Waals surface area contributed by atoms with Crippen molar-refractivity contribution in [3.05, 3.63) is 21.4 Å². The second-order valence-electron chi connectivity index (χ2n) is 5.40. The molecule has 1 saturated heterocycles. The lowest BCUT2D eigenvalue weighted by Crippen LogP contribution is -2.52. The van der Waals surface area contributed by atoms with Gasteiger partial charge in [-0.25, -0.2) is 0 Å². The van der Waals surface area contributed by atoms with Gasteiger partial charge in [0.15, 0.2) is 0 Å². The highest BCUT2D eigenvalue weighted by Gasteiger charge is 2.26. The van der Waals surface area contributed by atoms with E-state index in [4.69, 9.17) is 0 Å². The monoisotopic (exact) mass is 296 g/mol. The highest BCUT2D eigenvalue weighted by molar-refractivity contribution is 7.12. The molecule has 1 aromatic heterocycles. The fraction of sp³-hybridized carbons (Fsp3) is 0.667. The number of carbonyl (C=O) groups excluding carboxylic acids is 1. The van der Waals surface area contributed by atoms with Gasteiger partial charge in [-0.15, -0.1) is 11.3 Å². The van der Waals surface area contributed by atoms with E-state index < -0.39 is 0 Å². The fourth-order valence-electron chi connectivity index (χ4n) is 2.81. The first-order valence-electron chi connectivity index (χ1n) is 7.28. The lowest BCUT2D eigenvalue weighted by atomic mass is 10.1. The zero-order valence-electron chi connectivity index (χ0n) is 12.6. The number of nitrogens with zero attached hydrogens (tertiary/aromatic N) is 2. The van der Waals surface area contributed by atoms with Crippen molar-refractivity contribution in [2.24, 2.45) is 0 Å². The predicted octanol–water partition coefficient (Wildman–Crippen LogP) is 1.89. The number of carbonyl (C=O) groups is 1. The normalized spacial score (nSPS) is 18.3. The summed E-state index contributed by atoms with van der Waals surface area (Å²) >= 11 is 1.68. The lowest BCUT2D eigenvalue weighted by molar-refractivity contribution is 0.0472. The topological polar surface area (TPSA) is 43.8 Å². The second-order valence-corrected chi connectivity index (χ2v) is 6.86. The molecule has 1 aromatic rings. The average Bonchev–Trinajstić information content (AvgIpc) is 2.79. The molecule has 4 nitrogen and oxygen atoms in total. The third-order valence-corrected chi connectivity index (χ3v) is 5.04. The molecule has 0 aliphatic carbocycles. The summed E-state index contributed by atoms with van der Waals surface area (Å²) < 4.78 is 0. The molecule has 1 fully saturated rings. The molecular weight excluding hydrogens is 272 g/mol. The van der Waals surface area contributed by atoms with Crippen LogP contribution < -0.4 is 0 Å². The number of thiophene rings is 1. The third-order valence-electron chi connectivity index (χ3n) is 4.07. The van der Waals surface area contributed by atoms with Gasteiger partial charge in [-0.1, -0.05) is 6.92 Å². The average molecular weight is 296 g/mol. The molecule has 0 spiro atoms. The highest BCUT2D eigenvalue weighted by Crippen LogP contribution is 2.22. The standard InChI is InChI=1S/C15H24N2O2S/c1-4-13(10-18)16-5-7-17(8-6-16)15(19)14-9-11(2)20-12(14)3/h9,13,18H,4-8,10H2,1-3H3. The van der Waals surface area contributed by atoms with E-state index >= 15 is 0 Å². The first-order chi connectivity index (χ1) is 9.56. The van der Waals surface area contributed by atoms with E-state index in [2.05, 4.69) is 11.8 Å². The molecule has 112 valence electrons. The Balaban J connectivity index is 1.97. The zero-order valence-corrected chi connectivity index (χ0v) is 13.4. The van der Waals surface area contributed by atoms with Gasteiger partial charge in [0.25, 0.3) is 5.91 Å². The number of rotatable bonds is 4. The Labute approximate surface area is 125 Å². The number of aryl methyl sites for hydroxylation is 2. The first-order valence-corrected chi connectivity index (χ1v) is 8.09. The van der Waals surface area contributed by atoms with Gasteiger partial charge in [0.1, 0.15) is 0 Å². The second kappa shape index (κ2) is 6.70. The summed E-state index contributed by atoms with van der Waals surface area (Å²) in [5.74, 6) is 0.156. The summed E-state index contributed by atoms with van der Waals surface area (Å²) in [5.41, 5.74) is 0.857. The summed E-state index contributed by atoms with van der Waals surface area (Å²) in [6, 6.07) is 2.23. The molecule has 1 atom stereocenters. The molecule has 0 saturated carbocycles. The number of hydrogen-bond acceptors (Lipinski definition) is 4. The van der Waals surface area contributed by atoms with Gasteiger partial charge < -0.3 is 10.0 Å². The quantitative estimate of drug-likeness (QED) is 0.923. The molecule has 20 heavy (non-hydrogen) atoms. The molecule has 1 aliphatic rings. The molecule has 1 amide bonds. The smallest absolute Gasteiger partial charge is 0.255 e. The molecule has 0 bridgehead atoms. The number of hydrogen-bond donors (Lipinski definition) is 1. The van der Waals surface area contributed by atoms with Crippen molar-refractivity contribution >= 4 is 17.2 Å². The minimum atomic E-state index is 0.156. The van der Waals surface area contributed by atoms with E-state index in [0.29, 0.717) is 0 Å². The number of aliphatic hydroxyl groups excluding tert-OH is 1. The van der Waals surface area contributed by atoms with Gasteiger partial charge in [-0.2, -0.15) is 0 Å². The Kier molecular flexibility index (Phi) is 5.18. The van der Waals surface area contributed by atoms with E-state index in [1.165, 1.54) is 4.88 Å². The number of aliphatic hydroxyl groups is 1. The van der Waals surface area contributed by atoms with Crippen LogP contribution in [0.3, 0.4) is 0 Å². The van der Waals surface area contributed by atoms with Crippen LogP contribution in [-0.4, -0.2) is 59.6 Å². The molecule has 1 aliphatic heterocycles. The SMILES string of the molecule is CCC(CO)N1CCN(C(=O)c2cc(C)sc2C)CC1. The Morgan fingerprint density at radius 3 is 2.45 bits per heavy atom. The Bertz CT molecular complexity index is 460. The zero-order chi connectivity index (χ0) is 14.7. The third kappa shape index (κ3) is 3.22. The number of amides is 1. The van der Waals surface area contributed by atoms with Crippen LogP contribution in [0.25, 0.3) is 0 Å². The van der Waals surface area contributed by atoms with Gasteiger partial charge in [-0.05, 0) is 26.3 Å². The molecule has 0 aromatic carbocycles. The van der Waals surface area contributed by atoms with Crippen LogP contribution in [0.15, 0.2) is 6.07 Å². The summed E-state index contributed by atoms with van der Waals surface area (Å²) in [7, 11) is 0. The van der Waals surface area contributed by atoms with Crippen LogP contribution in [0, 0.1) is 13.8 Å². The van der Waals surface area contributed by atoms with Gasteiger partial charge in [0.05, 0.1) is 12.2 Å². The molecule has 1 N–H and O–H groups in total. The van der Waals surface area contributed by atoms with E-state index in [1.807, 2.05) is 24.8 Å². The van der Waals surface area contributed by atoms with Gasteiger partial charge in [0, 0.05) is 42.0 Å². The Hall–Kier alpha value is -0.910. The van der Waals surface area contributed by atoms with E-state index in [9.17, 15) is 9.90 Å². The van der Waals surface area contributed by atoms with Crippen molar-refractivity contribution in [1.82, 2.24) is 9.80 Å². The molecule has 0 radical (unpaired) electrons.